The maximum atomic E-state index is 11.8. The van der Waals surface area contributed by atoms with Gasteiger partial charge in [-0.1, -0.05) is 6.92 Å². The standard InChI is InChI=1S/C16H25N3O2/c1-3-18-8-6-12(7-9-18)15-17-10-14-5-4-13(11-19(14)15)16(20)21-2/h10,12-13H,3-9,11H2,1-2H3. The SMILES string of the molecule is CCN1CCC(c2ncc3n2CC(C(=O)OC)CC3)CC1. The predicted molar refractivity (Wildman–Crippen MR) is 80.1 cm³/mol. The highest BCUT2D eigenvalue weighted by Gasteiger charge is 2.30. The van der Waals surface area contributed by atoms with E-state index in [2.05, 4.69) is 21.4 Å². The number of carbonyl (C=O) groups is 1. The molecule has 0 saturated carbocycles. The lowest BCUT2D eigenvalue weighted by Crippen LogP contribution is -2.34. The summed E-state index contributed by atoms with van der Waals surface area (Å²) in [6, 6.07) is 0. The van der Waals surface area contributed by atoms with E-state index in [0.29, 0.717) is 5.92 Å². The molecule has 0 aromatic carbocycles. The molecule has 116 valence electrons. The van der Waals surface area contributed by atoms with Crippen LogP contribution in [0.3, 0.4) is 0 Å². The largest absolute Gasteiger partial charge is 0.469 e. The van der Waals surface area contributed by atoms with Gasteiger partial charge in [-0.05, 0) is 45.3 Å². The number of rotatable bonds is 3. The number of esters is 1. The highest BCUT2D eigenvalue weighted by Crippen LogP contribution is 2.31. The Labute approximate surface area is 126 Å². The maximum absolute atomic E-state index is 11.8. The van der Waals surface area contributed by atoms with Gasteiger partial charge in [0.05, 0.1) is 13.0 Å². The Kier molecular flexibility index (Phi) is 4.29. The number of likely N-dealkylation sites (tertiary alicyclic amines) is 1. The Morgan fingerprint density at radius 1 is 1.38 bits per heavy atom. The minimum atomic E-state index is -0.0823. The van der Waals surface area contributed by atoms with Crippen LogP contribution in [0, 0.1) is 5.92 Å². The summed E-state index contributed by atoms with van der Waals surface area (Å²) in [5.74, 6) is 1.64. The van der Waals surface area contributed by atoms with Crippen molar-refractivity contribution in [1.82, 2.24) is 14.5 Å². The molecule has 2 aliphatic heterocycles. The van der Waals surface area contributed by atoms with Crippen LogP contribution in [0.4, 0.5) is 0 Å². The van der Waals surface area contributed by atoms with Crippen LogP contribution in [0.15, 0.2) is 6.20 Å². The van der Waals surface area contributed by atoms with Gasteiger partial charge < -0.3 is 14.2 Å². The van der Waals surface area contributed by atoms with Crippen molar-refractivity contribution < 1.29 is 9.53 Å². The molecule has 0 bridgehead atoms. The summed E-state index contributed by atoms with van der Waals surface area (Å²) in [6.07, 6.45) is 6.17. The molecule has 2 aliphatic rings. The molecule has 3 heterocycles. The first-order valence-corrected chi connectivity index (χ1v) is 8.07. The van der Waals surface area contributed by atoms with E-state index in [1.807, 2.05) is 6.20 Å². The van der Waals surface area contributed by atoms with Crippen molar-refractivity contribution in [3.8, 4) is 0 Å². The molecule has 0 N–H and O–H groups in total. The van der Waals surface area contributed by atoms with Crippen molar-refractivity contribution >= 4 is 5.97 Å². The smallest absolute Gasteiger partial charge is 0.310 e. The molecule has 1 aromatic heterocycles. The van der Waals surface area contributed by atoms with Crippen molar-refractivity contribution in [2.75, 3.05) is 26.7 Å². The number of carbonyl (C=O) groups excluding carboxylic acids is 1. The average molecular weight is 291 g/mol. The second kappa shape index (κ2) is 6.18. The summed E-state index contributed by atoms with van der Waals surface area (Å²) >= 11 is 0. The maximum Gasteiger partial charge on any atom is 0.310 e. The first kappa shape index (κ1) is 14.6. The number of fused-ring (bicyclic) bond motifs is 1. The Bertz CT molecular complexity index is 504. The van der Waals surface area contributed by atoms with Gasteiger partial charge in [0.1, 0.15) is 5.82 Å². The van der Waals surface area contributed by atoms with E-state index in [0.717, 1.165) is 39.0 Å². The van der Waals surface area contributed by atoms with Gasteiger partial charge in [0, 0.05) is 24.4 Å². The lowest BCUT2D eigenvalue weighted by atomic mass is 9.94. The zero-order valence-corrected chi connectivity index (χ0v) is 13.0. The Morgan fingerprint density at radius 2 is 2.14 bits per heavy atom. The summed E-state index contributed by atoms with van der Waals surface area (Å²) in [5, 5.41) is 0. The Balaban J connectivity index is 1.74. The fraction of sp³-hybridized carbons (Fsp3) is 0.750. The fourth-order valence-corrected chi connectivity index (χ4v) is 3.66. The highest BCUT2D eigenvalue weighted by molar-refractivity contribution is 5.72. The molecule has 3 rings (SSSR count). The topological polar surface area (TPSA) is 47.4 Å². The van der Waals surface area contributed by atoms with Gasteiger partial charge in [0.2, 0.25) is 0 Å². The minimum absolute atomic E-state index is 0.00817. The van der Waals surface area contributed by atoms with E-state index in [4.69, 9.17) is 4.74 Å². The molecule has 1 atom stereocenters. The third-order valence-corrected chi connectivity index (χ3v) is 5.06. The van der Waals surface area contributed by atoms with E-state index in [-0.39, 0.29) is 11.9 Å². The van der Waals surface area contributed by atoms with E-state index >= 15 is 0 Å². The van der Waals surface area contributed by atoms with Crippen LogP contribution < -0.4 is 0 Å². The Hall–Kier alpha value is -1.36. The van der Waals surface area contributed by atoms with E-state index < -0.39 is 0 Å². The van der Waals surface area contributed by atoms with E-state index in [9.17, 15) is 4.79 Å². The van der Waals surface area contributed by atoms with Crippen molar-refractivity contribution in [3.63, 3.8) is 0 Å². The van der Waals surface area contributed by atoms with Crippen LogP contribution in [0.25, 0.3) is 0 Å². The van der Waals surface area contributed by atoms with E-state index in [1.54, 1.807) is 0 Å². The molecule has 21 heavy (non-hydrogen) atoms. The second-order valence-electron chi connectivity index (χ2n) is 6.19. The van der Waals surface area contributed by atoms with Gasteiger partial charge in [-0.3, -0.25) is 4.79 Å². The first-order valence-electron chi connectivity index (χ1n) is 8.07. The summed E-state index contributed by atoms with van der Waals surface area (Å²) in [4.78, 5) is 19.0. The van der Waals surface area contributed by atoms with Crippen LogP contribution in [0.1, 0.15) is 43.6 Å². The molecule has 1 unspecified atom stereocenters. The molecule has 0 amide bonds. The molecular weight excluding hydrogens is 266 g/mol. The number of nitrogens with zero attached hydrogens (tertiary/aromatic N) is 3. The van der Waals surface area contributed by atoms with Crippen LogP contribution in [-0.2, 0) is 22.5 Å². The second-order valence-corrected chi connectivity index (χ2v) is 6.19. The third-order valence-electron chi connectivity index (χ3n) is 5.06. The number of hydrogen-bond donors (Lipinski definition) is 0. The summed E-state index contributed by atoms with van der Waals surface area (Å²) in [6.45, 7) is 6.41. The number of ether oxygens (including phenoxy) is 1. The minimum Gasteiger partial charge on any atom is -0.469 e. The monoisotopic (exact) mass is 291 g/mol. The van der Waals surface area contributed by atoms with Crippen molar-refractivity contribution in [1.29, 1.82) is 0 Å². The van der Waals surface area contributed by atoms with Crippen molar-refractivity contribution in [2.45, 2.75) is 45.1 Å². The number of aromatic nitrogens is 2. The number of aryl methyl sites for hydroxylation is 1. The number of piperidine rings is 1. The van der Waals surface area contributed by atoms with Gasteiger partial charge in [-0.25, -0.2) is 4.98 Å². The molecular formula is C16H25N3O2. The number of methoxy groups -OCH3 is 1. The Morgan fingerprint density at radius 3 is 2.81 bits per heavy atom. The summed E-state index contributed by atoms with van der Waals surface area (Å²) in [7, 11) is 1.48. The van der Waals surface area contributed by atoms with Gasteiger partial charge >= 0.3 is 5.97 Å². The molecule has 1 aromatic rings. The zero-order chi connectivity index (χ0) is 14.8. The quantitative estimate of drug-likeness (QED) is 0.797. The van der Waals surface area contributed by atoms with Gasteiger partial charge in [0.25, 0.3) is 0 Å². The van der Waals surface area contributed by atoms with Gasteiger partial charge in [-0.2, -0.15) is 0 Å². The molecule has 5 heteroatoms. The molecule has 0 aliphatic carbocycles. The third kappa shape index (κ3) is 2.84. The normalized spacial score (nSPS) is 23.8. The van der Waals surface area contributed by atoms with E-state index in [1.165, 1.54) is 31.5 Å². The lowest BCUT2D eigenvalue weighted by molar-refractivity contribution is -0.146. The fourth-order valence-electron chi connectivity index (χ4n) is 3.66. The molecule has 0 radical (unpaired) electrons. The zero-order valence-electron chi connectivity index (χ0n) is 13.0. The van der Waals surface area contributed by atoms with Crippen LogP contribution in [0.5, 0.6) is 0 Å². The predicted octanol–water partition coefficient (Wildman–Crippen LogP) is 1.82. The average Bonchev–Trinajstić information content (AvgIpc) is 2.97. The number of imidazole rings is 1. The van der Waals surface area contributed by atoms with Crippen LogP contribution in [0.2, 0.25) is 0 Å². The lowest BCUT2D eigenvalue weighted by Gasteiger charge is -2.32. The first-order chi connectivity index (χ1) is 10.2. The molecule has 1 fully saturated rings. The van der Waals surface area contributed by atoms with Crippen molar-refractivity contribution in [2.24, 2.45) is 5.92 Å². The van der Waals surface area contributed by atoms with Gasteiger partial charge in [0.15, 0.2) is 0 Å². The molecule has 0 spiro atoms. The van der Waals surface area contributed by atoms with Gasteiger partial charge in [-0.15, -0.1) is 0 Å². The molecule has 1 saturated heterocycles. The highest BCUT2D eigenvalue weighted by atomic mass is 16.5. The van der Waals surface area contributed by atoms with Crippen LogP contribution in [-0.4, -0.2) is 47.2 Å². The molecule has 5 nitrogen and oxygen atoms in total. The number of hydrogen-bond acceptors (Lipinski definition) is 4. The van der Waals surface area contributed by atoms with Crippen molar-refractivity contribution in [3.05, 3.63) is 17.7 Å². The summed E-state index contributed by atoms with van der Waals surface area (Å²) in [5.41, 5.74) is 1.28. The summed E-state index contributed by atoms with van der Waals surface area (Å²) < 4.78 is 7.20. The van der Waals surface area contributed by atoms with Crippen LogP contribution >= 0.6 is 0 Å².